The molecule has 10 nitrogen and oxygen atoms in total. The average molecular weight is 670 g/mol. The number of aliphatic hydroxyl groups excluding tert-OH is 1. The van der Waals surface area contributed by atoms with Gasteiger partial charge in [-0.15, -0.1) is 0 Å². The maximum atomic E-state index is 15.7. The van der Waals surface area contributed by atoms with E-state index in [0.717, 1.165) is 23.8 Å². The van der Waals surface area contributed by atoms with Crippen molar-refractivity contribution in [2.75, 3.05) is 32.7 Å². The first-order valence-corrected chi connectivity index (χ1v) is 16.0. The minimum atomic E-state index is -1.50. The molecule has 0 spiro atoms. The van der Waals surface area contributed by atoms with E-state index in [1.54, 1.807) is 36.4 Å². The normalized spacial score (nSPS) is 19.5. The highest BCUT2D eigenvalue weighted by atomic mass is 19.1. The van der Waals surface area contributed by atoms with Crippen LogP contribution in [-0.2, 0) is 20.9 Å². The maximum Gasteiger partial charge on any atom is 0.410 e. The largest absolute Gasteiger partial charge is 0.444 e. The van der Waals surface area contributed by atoms with Gasteiger partial charge in [0.2, 0.25) is 5.91 Å². The Morgan fingerprint density at radius 2 is 1.73 bits per heavy atom. The summed E-state index contributed by atoms with van der Waals surface area (Å²) in [6.45, 7) is 8.18. The van der Waals surface area contributed by atoms with Gasteiger partial charge in [-0.25, -0.2) is 22.9 Å². The summed E-state index contributed by atoms with van der Waals surface area (Å²) < 4.78 is 52.3. The number of nitrogens with zero attached hydrogens (tertiary/aromatic N) is 5. The molecule has 13 heteroatoms. The van der Waals surface area contributed by atoms with E-state index in [-0.39, 0.29) is 62.4 Å². The summed E-state index contributed by atoms with van der Waals surface area (Å²) in [5, 5.41) is 10.6. The summed E-state index contributed by atoms with van der Waals surface area (Å²) in [6, 6.07) is 11.5. The summed E-state index contributed by atoms with van der Waals surface area (Å²) in [5.41, 5.74) is 0.112. The second-order valence-electron chi connectivity index (χ2n) is 13.7. The maximum absolute atomic E-state index is 15.7. The highest BCUT2D eigenvalue weighted by Crippen LogP contribution is 2.39. The van der Waals surface area contributed by atoms with Crippen LogP contribution in [0, 0.1) is 23.5 Å². The number of amides is 3. The Balaban J connectivity index is 1.59. The number of hydrogen-bond donors (Lipinski definition) is 1. The van der Waals surface area contributed by atoms with Crippen LogP contribution in [0.15, 0.2) is 54.7 Å². The predicted molar refractivity (Wildman–Crippen MR) is 171 cm³/mol. The highest BCUT2D eigenvalue weighted by Gasteiger charge is 2.46. The number of halogens is 3. The quantitative estimate of drug-likeness (QED) is 0.351. The molecule has 2 saturated heterocycles. The number of aromatic nitrogens is 2. The number of likely N-dealkylation sites (tertiary alicyclic amines) is 2. The van der Waals surface area contributed by atoms with Crippen molar-refractivity contribution in [1.82, 2.24) is 24.3 Å². The van der Waals surface area contributed by atoms with E-state index in [0.29, 0.717) is 5.82 Å². The summed E-state index contributed by atoms with van der Waals surface area (Å²) in [5.74, 6) is -3.13. The fourth-order valence-electron chi connectivity index (χ4n) is 6.28. The minimum Gasteiger partial charge on any atom is -0.444 e. The number of ether oxygens (including phenoxy) is 1. The molecule has 0 radical (unpaired) electrons. The molecule has 0 aliphatic carbocycles. The van der Waals surface area contributed by atoms with Gasteiger partial charge in [-0.1, -0.05) is 30.3 Å². The Morgan fingerprint density at radius 1 is 1.04 bits per heavy atom. The predicted octanol–water partition coefficient (Wildman–Crippen LogP) is 4.81. The van der Waals surface area contributed by atoms with Crippen LogP contribution in [0.3, 0.4) is 0 Å². The van der Waals surface area contributed by atoms with Gasteiger partial charge < -0.3 is 29.1 Å². The van der Waals surface area contributed by atoms with Gasteiger partial charge in [0.05, 0.1) is 18.3 Å². The first-order chi connectivity index (χ1) is 22.6. The molecule has 3 heterocycles. The van der Waals surface area contributed by atoms with E-state index in [1.165, 1.54) is 23.6 Å². The fraction of sp³-hybridized carbons (Fsp3) is 0.486. The Hall–Kier alpha value is -4.39. The molecule has 0 saturated carbocycles. The molecule has 4 atom stereocenters. The van der Waals surface area contributed by atoms with Crippen LogP contribution < -0.4 is 0 Å². The zero-order chi connectivity index (χ0) is 34.9. The number of benzene rings is 2. The lowest BCUT2D eigenvalue weighted by Gasteiger charge is -2.47. The molecule has 3 aromatic rings. The van der Waals surface area contributed by atoms with Gasteiger partial charge >= 0.3 is 6.09 Å². The van der Waals surface area contributed by atoms with Crippen molar-refractivity contribution < 1.29 is 37.4 Å². The Kier molecular flexibility index (Phi) is 10.2. The van der Waals surface area contributed by atoms with Gasteiger partial charge in [0.1, 0.15) is 35.3 Å². The van der Waals surface area contributed by atoms with Crippen molar-refractivity contribution >= 4 is 17.9 Å². The molecule has 3 amide bonds. The lowest BCUT2D eigenvalue weighted by atomic mass is 9.88. The molecule has 2 aliphatic rings. The first kappa shape index (κ1) is 34.9. The number of imidazole rings is 1. The minimum absolute atomic E-state index is 0.0329. The monoisotopic (exact) mass is 669 g/mol. The van der Waals surface area contributed by atoms with Crippen molar-refractivity contribution in [2.45, 2.75) is 65.1 Å². The first-order valence-electron chi connectivity index (χ1n) is 16.0. The van der Waals surface area contributed by atoms with E-state index in [9.17, 15) is 23.9 Å². The van der Waals surface area contributed by atoms with Gasteiger partial charge in [-0.2, -0.15) is 0 Å². The zero-order valence-corrected chi connectivity index (χ0v) is 27.8. The SMILES string of the molecule is CC(=O)N1CC(C(c2nc(-c3cc(F)ccc3F)cn2Cc2ccccc2)N(CC2CN(C(=O)OC(C)(C)C)CC2F)C(=O)C(C)O)C1. The third kappa shape index (κ3) is 7.83. The molecule has 1 aromatic heterocycles. The summed E-state index contributed by atoms with van der Waals surface area (Å²) >= 11 is 0. The van der Waals surface area contributed by atoms with E-state index < -0.39 is 53.5 Å². The average Bonchev–Trinajstić information content (AvgIpc) is 3.57. The summed E-state index contributed by atoms with van der Waals surface area (Å²) in [4.78, 5) is 48.0. The Morgan fingerprint density at radius 3 is 2.35 bits per heavy atom. The van der Waals surface area contributed by atoms with Gasteiger partial charge in [-0.3, -0.25) is 9.59 Å². The molecule has 1 N–H and O–H groups in total. The van der Waals surface area contributed by atoms with Gasteiger partial charge in [0, 0.05) is 63.2 Å². The number of rotatable bonds is 9. The third-order valence-corrected chi connectivity index (χ3v) is 8.69. The zero-order valence-electron chi connectivity index (χ0n) is 27.8. The topological polar surface area (TPSA) is 108 Å². The fourth-order valence-corrected chi connectivity index (χ4v) is 6.28. The molecular formula is C35H42F3N5O5. The highest BCUT2D eigenvalue weighted by molar-refractivity contribution is 5.81. The number of carbonyl (C=O) groups excluding carboxylic acids is 3. The molecular weight excluding hydrogens is 627 g/mol. The third-order valence-electron chi connectivity index (χ3n) is 8.69. The van der Waals surface area contributed by atoms with E-state index >= 15 is 8.78 Å². The lowest BCUT2D eigenvalue weighted by molar-refractivity contribution is -0.149. The van der Waals surface area contributed by atoms with Crippen LogP contribution in [0.25, 0.3) is 11.3 Å². The molecule has 2 fully saturated rings. The van der Waals surface area contributed by atoms with Crippen LogP contribution in [0.4, 0.5) is 18.0 Å². The van der Waals surface area contributed by atoms with Crippen molar-refractivity contribution in [3.05, 3.63) is 77.8 Å². The number of alkyl halides is 1. The van der Waals surface area contributed by atoms with E-state index in [4.69, 9.17) is 9.72 Å². The molecule has 258 valence electrons. The smallest absolute Gasteiger partial charge is 0.410 e. The summed E-state index contributed by atoms with van der Waals surface area (Å²) in [6.07, 6.45) is -2.07. The Bertz CT molecular complexity index is 1640. The summed E-state index contributed by atoms with van der Waals surface area (Å²) in [7, 11) is 0. The van der Waals surface area contributed by atoms with Crippen molar-refractivity contribution in [1.29, 1.82) is 0 Å². The molecule has 0 bridgehead atoms. The second-order valence-corrected chi connectivity index (χ2v) is 13.7. The van der Waals surface area contributed by atoms with E-state index in [1.807, 2.05) is 30.3 Å². The van der Waals surface area contributed by atoms with Crippen LogP contribution in [0.1, 0.15) is 52.0 Å². The van der Waals surface area contributed by atoms with Crippen LogP contribution in [0.5, 0.6) is 0 Å². The van der Waals surface area contributed by atoms with Crippen molar-refractivity contribution in [3.8, 4) is 11.3 Å². The second kappa shape index (κ2) is 14.0. The molecule has 2 aromatic carbocycles. The van der Waals surface area contributed by atoms with Crippen molar-refractivity contribution in [2.24, 2.45) is 11.8 Å². The van der Waals surface area contributed by atoms with Gasteiger partial charge in [0.15, 0.2) is 0 Å². The lowest BCUT2D eigenvalue weighted by Crippen LogP contribution is -2.57. The number of carbonyl (C=O) groups is 3. The molecule has 2 aliphatic heterocycles. The number of hydrogen-bond acceptors (Lipinski definition) is 6. The molecule has 5 rings (SSSR count). The van der Waals surface area contributed by atoms with Gasteiger partial charge in [0.25, 0.3) is 5.91 Å². The Labute approximate surface area is 278 Å². The molecule has 48 heavy (non-hydrogen) atoms. The van der Waals surface area contributed by atoms with Crippen LogP contribution >= 0.6 is 0 Å². The van der Waals surface area contributed by atoms with Gasteiger partial charge in [-0.05, 0) is 51.5 Å². The number of aliphatic hydroxyl groups is 1. The molecule has 4 unspecified atom stereocenters. The van der Waals surface area contributed by atoms with Crippen LogP contribution in [-0.4, -0.2) is 97.9 Å². The van der Waals surface area contributed by atoms with E-state index in [2.05, 4.69) is 0 Å². The van der Waals surface area contributed by atoms with Crippen molar-refractivity contribution in [3.63, 3.8) is 0 Å². The van der Waals surface area contributed by atoms with Crippen LogP contribution in [0.2, 0.25) is 0 Å². The standard InChI is InChI=1S/C35H42F3N5O5/c1-21(44)33(46)43(18-24-15-42(19-29(24)38)34(47)48-35(3,4)5)31(25-16-40(17-25)22(2)45)32-39-30(27-13-26(36)11-12-28(27)37)20-41(32)14-23-9-7-6-8-10-23/h6-13,20-21,24-25,29,31,44H,14-19H2,1-5H3.